The first-order chi connectivity index (χ1) is 7.56. The summed E-state index contributed by atoms with van der Waals surface area (Å²) in [4.78, 5) is 6.38. The highest BCUT2D eigenvalue weighted by atomic mass is 16.3. The van der Waals surface area contributed by atoms with Crippen molar-refractivity contribution in [3.05, 3.63) is 23.9 Å². The fourth-order valence-corrected chi connectivity index (χ4v) is 1.62. The molecule has 16 heavy (non-hydrogen) atoms. The van der Waals surface area contributed by atoms with Crippen LogP contribution in [0.3, 0.4) is 0 Å². The summed E-state index contributed by atoms with van der Waals surface area (Å²) in [5.41, 5.74) is 6.90. The van der Waals surface area contributed by atoms with Crippen molar-refractivity contribution in [1.82, 2.24) is 4.98 Å². The van der Waals surface area contributed by atoms with Crippen LogP contribution in [-0.4, -0.2) is 29.3 Å². The minimum absolute atomic E-state index is 0.00453. The van der Waals surface area contributed by atoms with Crippen molar-refractivity contribution >= 4 is 5.82 Å². The van der Waals surface area contributed by atoms with E-state index in [1.54, 1.807) is 6.20 Å². The first-order valence-electron chi connectivity index (χ1n) is 5.65. The second-order valence-corrected chi connectivity index (χ2v) is 4.25. The van der Waals surface area contributed by atoms with E-state index in [-0.39, 0.29) is 12.6 Å². The third kappa shape index (κ3) is 3.18. The molecule has 0 aromatic carbocycles. The number of aliphatic hydroxyl groups is 1. The van der Waals surface area contributed by atoms with Gasteiger partial charge in [-0.1, -0.05) is 0 Å². The lowest BCUT2D eigenvalue weighted by Gasteiger charge is -2.27. The molecule has 0 radical (unpaired) electrons. The molecule has 0 spiro atoms. The summed E-state index contributed by atoms with van der Waals surface area (Å²) >= 11 is 0. The number of aromatic nitrogens is 1. The molecule has 0 saturated heterocycles. The van der Waals surface area contributed by atoms with Gasteiger partial charge >= 0.3 is 0 Å². The number of hydrogen-bond acceptors (Lipinski definition) is 4. The zero-order valence-electron chi connectivity index (χ0n) is 10.2. The van der Waals surface area contributed by atoms with Crippen LogP contribution in [0.4, 0.5) is 5.82 Å². The quantitative estimate of drug-likeness (QED) is 0.790. The molecule has 1 aromatic rings. The zero-order chi connectivity index (χ0) is 12.1. The van der Waals surface area contributed by atoms with Gasteiger partial charge in [-0.05, 0) is 38.5 Å². The number of anilines is 1. The van der Waals surface area contributed by atoms with Crippen LogP contribution in [0.25, 0.3) is 0 Å². The minimum atomic E-state index is 0.00453. The van der Waals surface area contributed by atoms with Gasteiger partial charge in [0.1, 0.15) is 5.82 Å². The van der Waals surface area contributed by atoms with Gasteiger partial charge in [0.05, 0.1) is 6.61 Å². The second kappa shape index (κ2) is 5.82. The normalized spacial score (nSPS) is 12.9. The highest BCUT2D eigenvalue weighted by Gasteiger charge is 2.12. The zero-order valence-corrected chi connectivity index (χ0v) is 10.2. The van der Waals surface area contributed by atoms with Crippen LogP contribution in [0.1, 0.15) is 32.4 Å². The van der Waals surface area contributed by atoms with Gasteiger partial charge in [0.2, 0.25) is 0 Å². The summed E-state index contributed by atoms with van der Waals surface area (Å²) in [5, 5.41) is 9.03. The molecular weight excluding hydrogens is 202 g/mol. The van der Waals surface area contributed by atoms with Crippen LogP contribution in [0, 0.1) is 0 Å². The summed E-state index contributed by atoms with van der Waals surface area (Å²) in [6.07, 6.45) is 1.76. The Kier molecular flexibility index (Phi) is 4.71. The molecule has 0 saturated carbocycles. The molecule has 1 atom stereocenters. The van der Waals surface area contributed by atoms with Gasteiger partial charge in [-0.25, -0.2) is 4.98 Å². The van der Waals surface area contributed by atoms with Crippen LogP contribution < -0.4 is 10.6 Å². The lowest BCUT2D eigenvalue weighted by atomic mass is 10.1. The SMILES string of the molecule is CC(N)c1ccnc(N(CCO)C(C)C)c1. The maximum Gasteiger partial charge on any atom is 0.129 e. The van der Waals surface area contributed by atoms with E-state index in [1.165, 1.54) is 0 Å². The second-order valence-electron chi connectivity index (χ2n) is 4.25. The highest BCUT2D eigenvalue weighted by molar-refractivity contribution is 5.42. The predicted octanol–water partition coefficient (Wildman–Crippen LogP) is 1.31. The van der Waals surface area contributed by atoms with Crippen LogP contribution in [0.15, 0.2) is 18.3 Å². The van der Waals surface area contributed by atoms with Crippen molar-refractivity contribution in [2.45, 2.75) is 32.9 Å². The largest absolute Gasteiger partial charge is 0.395 e. The fourth-order valence-electron chi connectivity index (χ4n) is 1.62. The molecule has 4 heteroatoms. The molecule has 1 heterocycles. The fraction of sp³-hybridized carbons (Fsp3) is 0.583. The molecule has 3 N–H and O–H groups in total. The van der Waals surface area contributed by atoms with E-state index in [2.05, 4.69) is 23.7 Å². The van der Waals surface area contributed by atoms with E-state index in [9.17, 15) is 0 Å². The maximum atomic E-state index is 9.03. The Morgan fingerprint density at radius 3 is 2.62 bits per heavy atom. The summed E-state index contributed by atoms with van der Waals surface area (Å²) in [7, 11) is 0. The third-order valence-corrected chi connectivity index (χ3v) is 2.55. The molecule has 4 nitrogen and oxygen atoms in total. The molecule has 1 rings (SSSR count). The monoisotopic (exact) mass is 223 g/mol. The summed E-state index contributed by atoms with van der Waals surface area (Å²) < 4.78 is 0. The molecule has 1 unspecified atom stereocenters. The standard InChI is InChI=1S/C12H21N3O/c1-9(2)15(6-7-16)12-8-11(10(3)13)4-5-14-12/h4-5,8-10,16H,6-7,13H2,1-3H3. The highest BCUT2D eigenvalue weighted by Crippen LogP contribution is 2.18. The van der Waals surface area contributed by atoms with Crippen molar-refractivity contribution < 1.29 is 5.11 Å². The molecule has 0 aliphatic rings. The molecular formula is C12H21N3O. The van der Waals surface area contributed by atoms with Gasteiger partial charge in [0, 0.05) is 24.8 Å². The van der Waals surface area contributed by atoms with E-state index in [0.717, 1.165) is 11.4 Å². The number of hydrogen-bond donors (Lipinski definition) is 2. The number of nitrogens with zero attached hydrogens (tertiary/aromatic N) is 2. The van der Waals surface area contributed by atoms with Crippen LogP contribution >= 0.6 is 0 Å². The molecule has 0 aliphatic heterocycles. The van der Waals surface area contributed by atoms with Crippen molar-refractivity contribution in [2.75, 3.05) is 18.1 Å². The van der Waals surface area contributed by atoms with Gasteiger partial charge in [-0.15, -0.1) is 0 Å². The molecule has 0 bridgehead atoms. The van der Waals surface area contributed by atoms with Gasteiger partial charge in [-0.2, -0.15) is 0 Å². The molecule has 0 aliphatic carbocycles. The summed E-state index contributed by atoms with van der Waals surface area (Å²) in [5.74, 6) is 0.874. The lowest BCUT2D eigenvalue weighted by molar-refractivity contribution is 0.298. The van der Waals surface area contributed by atoms with Crippen molar-refractivity contribution in [3.8, 4) is 0 Å². The smallest absolute Gasteiger partial charge is 0.129 e. The Balaban J connectivity index is 2.95. The average molecular weight is 223 g/mol. The van der Waals surface area contributed by atoms with Gasteiger partial charge < -0.3 is 15.7 Å². The number of rotatable bonds is 5. The Hall–Kier alpha value is -1.13. The van der Waals surface area contributed by atoms with Crippen molar-refractivity contribution in [1.29, 1.82) is 0 Å². The van der Waals surface area contributed by atoms with E-state index in [0.29, 0.717) is 12.6 Å². The Bertz CT molecular complexity index is 326. The first kappa shape index (κ1) is 12.9. The van der Waals surface area contributed by atoms with Crippen LogP contribution in [0.2, 0.25) is 0 Å². The number of nitrogens with two attached hydrogens (primary N) is 1. The molecule has 0 amide bonds. The lowest BCUT2D eigenvalue weighted by Crippen LogP contribution is -2.34. The third-order valence-electron chi connectivity index (χ3n) is 2.55. The van der Waals surface area contributed by atoms with E-state index in [1.807, 2.05) is 19.1 Å². The number of aliphatic hydroxyl groups excluding tert-OH is 1. The van der Waals surface area contributed by atoms with E-state index < -0.39 is 0 Å². The molecule has 90 valence electrons. The summed E-state index contributed by atoms with van der Waals surface area (Å²) in [6.45, 7) is 6.83. The average Bonchev–Trinajstić information content (AvgIpc) is 2.25. The van der Waals surface area contributed by atoms with Crippen molar-refractivity contribution in [2.24, 2.45) is 5.73 Å². The maximum absolute atomic E-state index is 9.03. The summed E-state index contributed by atoms with van der Waals surface area (Å²) in [6, 6.07) is 4.22. The van der Waals surface area contributed by atoms with Gasteiger partial charge in [0.25, 0.3) is 0 Å². The predicted molar refractivity (Wildman–Crippen MR) is 66.4 cm³/mol. The molecule has 0 fully saturated rings. The van der Waals surface area contributed by atoms with Gasteiger partial charge in [-0.3, -0.25) is 0 Å². The Labute approximate surface area is 97.1 Å². The minimum Gasteiger partial charge on any atom is -0.395 e. The molecule has 1 aromatic heterocycles. The van der Waals surface area contributed by atoms with E-state index in [4.69, 9.17) is 10.8 Å². The first-order valence-corrected chi connectivity index (χ1v) is 5.65. The van der Waals surface area contributed by atoms with E-state index >= 15 is 0 Å². The van der Waals surface area contributed by atoms with Crippen molar-refractivity contribution in [3.63, 3.8) is 0 Å². The number of pyridine rings is 1. The Morgan fingerprint density at radius 2 is 2.12 bits per heavy atom. The topological polar surface area (TPSA) is 62.4 Å². The Morgan fingerprint density at radius 1 is 1.44 bits per heavy atom. The van der Waals surface area contributed by atoms with Crippen LogP contribution in [0.5, 0.6) is 0 Å². The van der Waals surface area contributed by atoms with Gasteiger partial charge in [0.15, 0.2) is 0 Å². The van der Waals surface area contributed by atoms with Crippen LogP contribution in [-0.2, 0) is 0 Å².